The first-order valence-electron chi connectivity index (χ1n) is 12.8. The zero-order chi connectivity index (χ0) is 28.5. The van der Waals surface area contributed by atoms with Crippen LogP contribution in [0.4, 0.5) is 0 Å². The number of amides is 2. The van der Waals surface area contributed by atoms with E-state index in [1.165, 1.54) is 4.90 Å². The molecule has 1 N–H and O–H groups in total. The van der Waals surface area contributed by atoms with E-state index >= 15 is 0 Å². The fourth-order valence-corrected chi connectivity index (χ4v) is 4.57. The van der Waals surface area contributed by atoms with E-state index in [9.17, 15) is 14.4 Å². The Labute approximate surface area is 242 Å². The average molecular weight is 601 g/mol. The highest BCUT2D eigenvalue weighted by atomic mass is 79.9. The van der Waals surface area contributed by atoms with Crippen molar-refractivity contribution < 1.29 is 23.9 Å². The molecule has 1 aliphatic heterocycles. The highest BCUT2D eigenvalue weighted by Gasteiger charge is 2.53. The number of carbonyl (C=O) groups is 3. The highest BCUT2D eigenvalue weighted by Crippen LogP contribution is 2.32. The molecule has 0 bridgehead atoms. The first kappa shape index (κ1) is 28.8. The van der Waals surface area contributed by atoms with Crippen molar-refractivity contribution in [3.8, 4) is 10.8 Å². The topological polar surface area (TPSA) is 84.9 Å². The third-order valence-electron chi connectivity index (χ3n) is 6.30. The van der Waals surface area contributed by atoms with Gasteiger partial charge in [-0.25, -0.2) is 4.79 Å². The molecule has 0 radical (unpaired) electrons. The number of rotatable bonds is 10. The molecule has 0 aliphatic carbocycles. The molecule has 0 saturated carbocycles. The summed E-state index contributed by atoms with van der Waals surface area (Å²) in [4.78, 5) is 43.7. The van der Waals surface area contributed by atoms with Gasteiger partial charge in [0.05, 0.1) is 6.42 Å². The number of ether oxygens (including phenoxy) is 2. The number of halogens is 1. The summed E-state index contributed by atoms with van der Waals surface area (Å²) in [5.41, 5.74) is 3.01. The molecule has 40 heavy (non-hydrogen) atoms. The van der Waals surface area contributed by atoms with Gasteiger partial charge in [-0.05, 0) is 40.9 Å². The van der Waals surface area contributed by atoms with Gasteiger partial charge in [0.1, 0.15) is 12.3 Å². The van der Waals surface area contributed by atoms with E-state index < -0.39 is 30.3 Å². The van der Waals surface area contributed by atoms with Crippen molar-refractivity contribution in [1.29, 1.82) is 0 Å². The second-order valence-electron chi connectivity index (χ2n) is 9.34. The SMILES string of the molecule is CC(C)=C(C(=O)OC(c1ccccc1)c1ccccc1)N1C(=O)[C@@H](NC(=O)Cc2ccccc2)[C@@H]1OCC#CBr. The van der Waals surface area contributed by atoms with Crippen molar-refractivity contribution in [3.63, 3.8) is 0 Å². The third-order valence-corrected chi connectivity index (χ3v) is 6.58. The van der Waals surface area contributed by atoms with Crippen molar-refractivity contribution in [1.82, 2.24) is 10.2 Å². The molecule has 204 valence electrons. The largest absolute Gasteiger partial charge is 0.448 e. The monoisotopic (exact) mass is 600 g/mol. The molecule has 3 aromatic rings. The molecule has 1 fully saturated rings. The molecule has 7 nitrogen and oxygen atoms in total. The normalized spacial score (nSPS) is 15.9. The van der Waals surface area contributed by atoms with Gasteiger partial charge in [-0.15, -0.1) is 0 Å². The standard InChI is InChI=1S/C32H29BrN2O5/c1-22(2)28(32(38)40-29(24-15-8-4-9-16-24)25-17-10-5-11-18-25)35-30(37)27(31(35)39-20-12-19-33)34-26(36)21-23-13-6-3-7-14-23/h3-11,13-18,27,29,31H,20-21H2,1-2H3,(H,34,36)/t27-,31+/m1/s1. The van der Waals surface area contributed by atoms with Gasteiger partial charge in [0.2, 0.25) is 5.91 Å². The van der Waals surface area contributed by atoms with Crippen molar-refractivity contribution in [2.24, 2.45) is 0 Å². The lowest BCUT2D eigenvalue weighted by Crippen LogP contribution is -2.71. The number of benzene rings is 3. The van der Waals surface area contributed by atoms with Gasteiger partial charge >= 0.3 is 5.97 Å². The number of hydrogen-bond acceptors (Lipinski definition) is 5. The predicted molar refractivity (Wildman–Crippen MR) is 155 cm³/mol. The van der Waals surface area contributed by atoms with E-state index in [-0.39, 0.29) is 24.6 Å². The van der Waals surface area contributed by atoms with Crippen molar-refractivity contribution in [2.45, 2.75) is 38.6 Å². The number of esters is 1. The van der Waals surface area contributed by atoms with E-state index in [0.29, 0.717) is 5.57 Å². The first-order chi connectivity index (χ1) is 19.4. The fourth-order valence-electron chi connectivity index (χ4n) is 4.46. The summed E-state index contributed by atoms with van der Waals surface area (Å²) >= 11 is 3.03. The van der Waals surface area contributed by atoms with Crippen LogP contribution in [0.25, 0.3) is 0 Å². The van der Waals surface area contributed by atoms with Crippen LogP contribution in [0.2, 0.25) is 0 Å². The predicted octanol–water partition coefficient (Wildman–Crippen LogP) is 4.88. The smallest absolute Gasteiger partial charge is 0.356 e. The zero-order valence-corrected chi connectivity index (χ0v) is 23.8. The maximum absolute atomic E-state index is 13.7. The number of nitrogens with zero attached hydrogens (tertiary/aromatic N) is 1. The Morgan fingerprint density at radius 3 is 2.00 bits per heavy atom. The summed E-state index contributed by atoms with van der Waals surface area (Å²) < 4.78 is 11.9. The lowest BCUT2D eigenvalue weighted by molar-refractivity contribution is -0.180. The van der Waals surface area contributed by atoms with Crippen LogP contribution in [0.3, 0.4) is 0 Å². The number of β-lactam (4-membered cyclic amide) rings is 1. The summed E-state index contributed by atoms with van der Waals surface area (Å²) in [5, 5.41) is 2.76. The van der Waals surface area contributed by atoms with Gasteiger partial charge < -0.3 is 14.8 Å². The Hall–Kier alpha value is -4.19. The molecule has 0 spiro atoms. The second-order valence-corrected chi connectivity index (χ2v) is 9.74. The molecule has 0 aromatic heterocycles. The van der Waals surface area contributed by atoms with Gasteiger partial charge in [-0.3, -0.25) is 14.5 Å². The Morgan fingerprint density at radius 1 is 0.925 bits per heavy atom. The minimum Gasteiger partial charge on any atom is -0.448 e. The maximum atomic E-state index is 13.7. The van der Waals surface area contributed by atoms with E-state index in [2.05, 4.69) is 32.0 Å². The molecular weight excluding hydrogens is 572 g/mol. The molecule has 2 atom stereocenters. The number of allylic oxidation sites excluding steroid dienone is 1. The quantitative estimate of drug-likeness (QED) is 0.155. The average Bonchev–Trinajstić information content (AvgIpc) is 2.97. The summed E-state index contributed by atoms with van der Waals surface area (Å²) in [6.45, 7) is 3.42. The van der Waals surface area contributed by atoms with Gasteiger partial charge in [0, 0.05) is 15.9 Å². The molecule has 2 amide bonds. The lowest BCUT2D eigenvalue weighted by atomic mass is 9.99. The second kappa shape index (κ2) is 13.7. The van der Waals surface area contributed by atoms with Crippen LogP contribution < -0.4 is 5.32 Å². The van der Waals surface area contributed by atoms with Gasteiger partial charge in [-0.1, -0.05) is 96.9 Å². The maximum Gasteiger partial charge on any atom is 0.356 e. The first-order valence-corrected chi connectivity index (χ1v) is 13.5. The molecule has 4 rings (SSSR count). The van der Waals surface area contributed by atoms with Crippen LogP contribution in [0.5, 0.6) is 0 Å². The summed E-state index contributed by atoms with van der Waals surface area (Å²) in [7, 11) is 0. The Morgan fingerprint density at radius 2 is 1.48 bits per heavy atom. The molecule has 1 saturated heterocycles. The van der Waals surface area contributed by atoms with Gasteiger partial charge in [-0.2, -0.15) is 0 Å². The van der Waals surface area contributed by atoms with E-state index in [0.717, 1.165) is 16.7 Å². The van der Waals surface area contributed by atoms with Gasteiger partial charge in [0.25, 0.3) is 5.91 Å². The summed E-state index contributed by atoms with van der Waals surface area (Å²) in [6, 6.07) is 27.0. The van der Waals surface area contributed by atoms with Crippen LogP contribution in [0.15, 0.2) is 102 Å². The van der Waals surface area contributed by atoms with Crippen molar-refractivity contribution in [2.75, 3.05) is 6.61 Å². The molecule has 8 heteroatoms. The zero-order valence-electron chi connectivity index (χ0n) is 22.2. The van der Waals surface area contributed by atoms with Crippen LogP contribution in [-0.4, -0.2) is 41.6 Å². The number of hydrogen-bond donors (Lipinski definition) is 1. The van der Waals surface area contributed by atoms with Crippen LogP contribution in [-0.2, 0) is 30.3 Å². The Bertz CT molecular complexity index is 1390. The van der Waals surface area contributed by atoms with E-state index in [1.807, 2.05) is 91.0 Å². The fraction of sp³-hybridized carbons (Fsp3) is 0.219. The van der Waals surface area contributed by atoms with Crippen LogP contribution in [0, 0.1) is 10.8 Å². The molecule has 1 heterocycles. The van der Waals surface area contributed by atoms with Crippen molar-refractivity contribution in [3.05, 3.63) is 119 Å². The summed E-state index contributed by atoms with van der Waals surface area (Å²) in [5.74, 6) is 1.25. The minimum absolute atomic E-state index is 0.0213. The molecular formula is C32H29BrN2O5. The molecule has 0 unspecified atom stereocenters. The third kappa shape index (κ3) is 6.87. The van der Waals surface area contributed by atoms with E-state index in [1.54, 1.807) is 13.8 Å². The van der Waals surface area contributed by atoms with Gasteiger partial charge in [0.15, 0.2) is 18.4 Å². The highest BCUT2D eigenvalue weighted by molar-refractivity contribution is 9.12. The number of likely N-dealkylation sites (tertiary alicyclic amines) is 1. The van der Waals surface area contributed by atoms with Crippen LogP contribution in [0.1, 0.15) is 36.6 Å². The Balaban J connectivity index is 1.57. The Kier molecular flexibility index (Phi) is 9.90. The van der Waals surface area contributed by atoms with E-state index in [4.69, 9.17) is 9.47 Å². The van der Waals surface area contributed by atoms with Crippen molar-refractivity contribution >= 4 is 33.7 Å². The summed E-state index contributed by atoms with van der Waals surface area (Å²) in [6.07, 6.45) is -1.53. The molecule has 1 aliphatic rings. The number of carbonyl (C=O) groups excluding carboxylic acids is 3. The number of nitrogens with one attached hydrogen (secondary N) is 1. The molecule has 3 aromatic carbocycles. The lowest BCUT2D eigenvalue weighted by Gasteiger charge is -2.46. The minimum atomic E-state index is -0.977. The van der Waals surface area contributed by atoms with Crippen LogP contribution >= 0.6 is 15.9 Å².